The van der Waals surface area contributed by atoms with Gasteiger partial charge in [0.1, 0.15) is 0 Å². The molecule has 0 aromatic rings. The summed E-state index contributed by atoms with van der Waals surface area (Å²) in [5, 5.41) is 33.9. The van der Waals surface area contributed by atoms with Crippen LogP contribution in [0.3, 0.4) is 0 Å². The van der Waals surface area contributed by atoms with Gasteiger partial charge in [-0.1, -0.05) is 66.2 Å². The number of aliphatic carboxylic acids is 3. The monoisotopic (exact) mass is 615 g/mol. The molecule has 0 aliphatic carbocycles. The Labute approximate surface area is 257 Å². The van der Waals surface area contributed by atoms with Crippen LogP contribution in [0, 0.1) is 11.8 Å². The highest BCUT2D eigenvalue weighted by molar-refractivity contribution is 5.79. The molecule has 0 aliphatic heterocycles. The molecule has 2 atom stereocenters. The molecule has 250 valence electrons. The van der Waals surface area contributed by atoms with Crippen molar-refractivity contribution in [3.8, 4) is 0 Å². The lowest BCUT2D eigenvalue weighted by Gasteiger charge is -2.28. The van der Waals surface area contributed by atoms with Crippen LogP contribution in [-0.4, -0.2) is 132 Å². The molecule has 0 rings (SSSR count). The third-order valence-electron chi connectivity index (χ3n) is 7.54. The minimum Gasteiger partial charge on any atom is -0.480 e. The molecular weight excluding hydrogens is 558 g/mol. The van der Waals surface area contributed by atoms with Crippen LogP contribution in [0.2, 0.25) is 0 Å². The summed E-state index contributed by atoms with van der Waals surface area (Å²) in [4.78, 5) is 64.1. The molecule has 0 bridgehead atoms. The zero-order valence-corrected chi connectivity index (χ0v) is 26.8. The standard InChI is InChI=1S/C30H57N5O8/c1-5-9-11-24(7-3)17-31-26(36)19-34(22-29(40)41)15-13-33(21-28(38)39)14-16-35(23-30(42)43)20-27(37)32-18-25(8-4)12-10-6-2/h24-25H,5-23H2,1-4H3,(H,31,36)(H,32,37)(H,38,39)(H,40,41)(H,42,43). The predicted octanol–water partition coefficient (Wildman–Crippen LogP) is 1.81. The average molecular weight is 616 g/mol. The zero-order valence-electron chi connectivity index (χ0n) is 26.8. The van der Waals surface area contributed by atoms with E-state index in [1.54, 1.807) is 4.90 Å². The van der Waals surface area contributed by atoms with Gasteiger partial charge in [0.2, 0.25) is 11.8 Å². The summed E-state index contributed by atoms with van der Waals surface area (Å²) in [5.41, 5.74) is 0. The van der Waals surface area contributed by atoms with Gasteiger partial charge in [0.15, 0.2) is 0 Å². The lowest BCUT2D eigenvalue weighted by Crippen LogP contribution is -2.47. The number of carboxylic acids is 3. The molecule has 13 nitrogen and oxygen atoms in total. The third kappa shape index (κ3) is 22.4. The summed E-state index contributed by atoms with van der Waals surface area (Å²) in [7, 11) is 0. The minimum atomic E-state index is -1.11. The van der Waals surface area contributed by atoms with Gasteiger partial charge in [-0.25, -0.2) is 0 Å². The van der Waals surface area contributed by atoms with E-state index < -0.39 is 17.9 Å². The van der Waals surface area contributed by atoms with E-state index in [-0.39, 0.29) is 70.7 Å². The van der Waals surface area contributed by atoms with Crippen LogP contribution in [0.4, 0.5) is 0 Å². The Morgan fingerprint density at radius 1 is 0.535 bits per heavy atom. The second-order valence-electron chi connectivity index (χ2n) is 11.3. The lowest BCUT2D eigenvalue weighted by atomic mass is 9.99. The zero-order chi connectivity index (χ0) is 32.6. The summed E-state index contributed by atoms with van der Waals surface area (Å²) in [6.45, 7) is 8.53. The lowest BCUT2D eigenvalue weighted by molar-refractivity contribution is -0.141. The van der Waals surface area contributed by atoms with Crippen molar-refractivity contribution >= 4 is 29.7 Å². The summed E-state index contributed by atoms with van der Waals surface area (Å²) in [6.07, 6.45) is 8.18. The quantitative estimate of drug-likeness (QED) is 0.0866. The predicted molar refractivity (Wildman–Crippen MR) is 165 cm³/mol. The number of carbonyl (C=O) groups is 5. The van der Waals surface area contributed by atoms with E-state index in [1.807, 2.05) is 0 Å². The van der Waals surface area contributed by atoms with Gasteiger partial charge in [-0.3, -0.25) is 38.7 Å². The molecule has 5 N–H and O–H groups in total. The highest BCUT2D eigenvalue weighted by Crippen LogP contribution is 2.12. The summed E-state index contributed by atoms with van der Waals surface area (Å²) < 4.78 is 0. The van der Waals surface area contributed by atoms with Gasteiger partial charge >= 0.3 is 17.9 Å². The topological polar surface area (TPSA) is 180 Å². The second-order valence-corrected chi connectivity index (χ2v) is 11.3. The van der Waals surface area contributed by atoms with Crippen LogP contribution >= 0.6 is 0 Å². The number of amides is 2. The molecule has 0 fully saturated rings. The molecule has 0 saturated heterocycles. The van der Waals surface area contributed by atoms with Crippen LogP contribution in [0.25, 0.3) is 0 Å². The van der Waals surface area contributed by atoms with Gasteiger partial charge in [0, 0.05) is 39.3 Å². The first-order valence-electron chi connectivity index (χ1n) is 15.8. The van der Waals surface area contributed by atoms with Crippen molar-refractivity contribution in [2.24, 2.45) is 11.8 Å². The first kappa shape index (κ1) is 40.2. The van der Waals surface area contributed by atoms with Gasteiger partial charge in [-0.05, 0) is 24.7 Å². The SMILES string of the molecule is CCCCC(CC)CNC(=O)CN(CCN(CCN(CC(=O)O)CC(=O)NCC(CC)CCCC)CC(=O)O)CC(=O)O. The maximum Gasteiger partial charge on any atom is 0.317 e. The van der Waals surface area contributed by atoms with E-state index in [0.29, 0.717) is 24.9 Å². The fourth-order valence-electron chi connectivity index (χ4n) is 4.76. The largest absolute Gasteiger partial charge is 0.480 e. The van der Waals surface area contributed by atoms with Crippen LogP contribution in [0.1, 0.15) is 79.1 Å². The van der Waals surface area contributed by atoms with E-state index in [9.17, 15) is 39.3 Å². The Hall–Kier alpha value is -2.77. The van der Waals surface area contributed by atoms with Crippen molar-refractivity contribution in [3.05, 3.63) is 0 Å². The van der Waals surface area contributed by atoms with Crippen molar-refractivity contribution in [2.45, 2.75) is 79.1 Å². The second kappa shape index (κ2) is 24.6. The number of carboxylic acid groups (broad SMARTS) is 3. The number of hydrogen-bond donors (Lipinski definition) is 5. The van der Waals surface area contributed by atoms with E-state index >= 15 is 0 Å². The van der Waals surface area contributed by atoms with Gasteiger partial charge < -0.3 is 26.0 Å². The Morgan fingerprint density at radius 3 is 1.16 bits per heavy atom. The molecule has 13 heteroatoms. The van der Waals surface area contributed by atoms with E-state index in [1.165, 1.54) is 9.80 Å². The molecule has 0 radical (unpaired) electrons. The van der Waals surface area contributed by atoms with E-state index in [2.05, 4.69) is 38.3 Å². The molecular formula is C30H57N5O8. The van der Waals surface area contributed by atoms with Crippen molar-refractivity contribution < 1.29 is 39.3 Å². The molecule has 43 heavy (non-hydrogen) atoms. The molecule has 0 aromatic carbocycles. The molecule has 0 spiro atoms. The van der Waals surface area contributed by atoms with E-state index in [4.69, 9.17) is 0 Å². The Balaban J connectivity index is 5.15. The molecule has 0 aromatic heterocycles. The van der Waals surface area contributed by atoms with Crippen LogP contribution < -0.4 is 10.6 Å². The van der Waals surface area contributed by atoms with Gasteiger partial charge in [-0.2, -0.15) is 0 Å². The number of nitrogens with one attached hydrogen (secondary N) is 2. The van der Waals surface area contributed by atoms with Crippen molar-refractivity contribution in [1.82, 2.24) is 25.3 Å². The normalized spacial score (nSPS) is 12.8. The molecule has 0 aliphatic rings. The molecule has 0 saturated carbocycles. The van der Waals surface area contributed by atoms with Gasteiger partial charge in [-0.15, -0.1) is 0 Å². The van der Waals surface area contributed by atoms with Gasteiger partial charge in [0.25, 0.3) is 0 Å². The van der Waals surface area contributed by atoms with E-state index in [0.717, 1.165) is 51.4 Å². The number of carbonyl (C=O) groups excluding carboxylic acids is 2. The van der Waals surface area contributed by atoms with Crippen molar-refractivity contribution in [2.75, 3.05) is 72.0 Å². The van der Waals surface area contributed by atoms with Crippen LogP contribution in [-0.2, 0) is 24.0 Å². The first-order chi connectivity index (χ1) is 20.4. The summed E-state index contributed by atoms with van der Waals surface area (Å²) in [5.74, 6) is -3.18. The maximum atomic E-state index is 12.6. The number of unbranched alkanes of at least 4 members (excludes halogenated alkanes) is 2. The highest BCUT2D eigenvalue weighted by Gasteiger charge is 2.20. The van der Waals surface area contributed by atoms with Crippen molar-refractivity contribution in [3.63, 3.8) is 0 Å². The van der Waals surface area contributed by atoms with Crippen LogP contribution in [0.15, 0.2) is 0 Å². The van der Waals surface area contributed by atoms with Crippen molar-refractivity contribution in [1.29, 1.82) is 0 Å². The Morgan fingerprint density at radius 2 is 0.860 bits per heavy atom. The number of rotatable bonds is 28. The Bertz CT molecular complexity index is 770. The summed E-state index contributed by atoms with van der Waals surface area (Å²) >= 11 is 0. The fourth-order valence-corrected chi connectivity index (χ4v) is 4.76. The smallest absolute Gasteiger partial charge is 0.317 e. The maximum absolute atomic E-state index is 12.6. The highest BCUT2D eigenvalue weighted by atomic mass is 16.4. The fraction of sp³-hybridized carbons (Fsp3) is 0.833. The van der Waals surface area contributed by atoms with Crippen LogP contribution in [0.5, 0.6) is 0 Å². The average Bonchev–Trinajstić information content (AvgIpc) is 2.93. The summed E-state index contributed by atoms with van der Waals surface area (Å²) in [6, 6.07) is 0. The molecule has 2 amide bonds. The number of hydrogen-bond acceptors (Lipinski definition) is 8. The minimum absolute atomic E-state index is 0.121. The molecule has 0 heterocycles. The molecule has 2 unspecified atom stereocenters. The first-order valence-corrected chi connectivity index (χ1v) is 15.8. The number of nitrogens with zero attached hydrogens (tertiary/aromatic N) is 3. The Kier molecular flexibility index (Phi) is 23.1. The third-order valence-corrected chi connectivity index (χ3v) is 7.54. The van der Waals surface area contributed by atoms with Gasteiger partial charge in [0.05, 0.1) is 32.7 Å².